The molecule has 0 aromatic carbocycles. The summed E-state index contributed by atoms with van der Waals surface area (Å²) < 4.78 is 0. The van der Waals surface area contributed by atoms with E-state index in [2.05, 4.69) is 22.9 Å². The van der Waals surface area contributed by atoms with Crippen LogP contribution < -0.4 is 0 Å². The van der Waals surface area contributed by atoms with Gasteiger partial charge in [-0.15, -0.1) is 0 Å². The molecule has 0 fully saturated rings. The van der Waals surface area contributed by atoms with E-state index in [0.717, 1.165) is 31.0 Å². The smallest absolute Gasteiger partial charge is 0.132 e. The SMILES string of the molecule is CCCCCCCCC(=O)CCCBr. The van der Waals surface area contributed by atoms with Gasteiger partial charge < -0.3 is 0 Å². The van der Waals surface area contributed by atoms with Gasteiger partial charge in [0.15, 0.2) is 0 Å². The van der Waals surface area contributed by atoms with Gasteiger partial charge in [-0.1, -0.05) is 55.0 Å². The van der Waals surface area contributed by atoms with Crippen LogP contribution in [0.15, 0.2) is 0 Å². The highest BCUT2D eigenvalue weighted by atomic mass is 79.9. The van der Waals surface area contributed by atoms with Crippen LogP contribution in [0.1, 0.15) is 64.7 Å². The molecular formula is C12H23BrO. The lowest BCUT2D eigenvalue weighted by Gasteiger charge is -2.00. The van der Waals surface area contributed by atoms with Gasteiger partial charge in [0.25, 0.3) is 0 Å². The van der Waals surface area contributed by atoms with Gasteiger partial charge in [-0.25, -0.2) is 0 Å². The highest BCUT2D eigenvalue weighted by Crippen LogP contribution is 2.08. The number of hydrogen-bond donors (Lipinski definition) is 0. The third-order valence-corrected chi connectivity index (χ3v) is 2.96. The quantitative estimate of drug-likeness (QED) is 0.419. The second-order valence-corrected chi connectivity index (χ2v) is 4.64. The van der Waals surface area contributed by atoms with Gasteiger partial charge in [-0.2, -0.15) is 0 Å². The summed E-state index contributed by atoms with van der Waals surface area (Å²) in [5, 5.41) is 0.954. The molecule has 0 saturated heterocycles. The largest absolute Gasteiger partial charge is 0.300 e. The van der Waals surface area contributed by atoms with Crippen molar-refractivity contribution in [2.24, 2.45) is 0 Å². The normalized spacial score (nSPS) is 10.4. The summed E-state index contributed by atoms with van der Waals surface area (Å²) in [6.07, 6.45) is 10.2. The van der Waals surface area contributed by atoms with Crippen molar-refractivity contribution in [3.63, 3.8) is 0 Å². The van der Waals surface area contributed by atoms with Crippen molar-refractivity contribution in [1.82, 2.24) is 0 Å². The Morgan fingerprint density at radius 3 is 2.14 bits per heavy atom. The number of halogens is 1. The lowest BCUT2D eigenvalue weighted by atomic mass is 10.1. The first-order chi connectivity index (χ1) is 6.81. The summed E-state index contributed by atoms with van der Waals surface area (Å²) in [6.45, 7) is 2.23. The zero-order valence-corrected chi connectivity index (χ0v) is 10.9. The number of carbonyl (C=O) groups is 1. The molecule has 0 aliphatic carbocycles. The summed E-state index contributed by atoms with van der Waals surface area (Å²) in [6, 6.07) is 0. The van der Waals surface area contributed by atoms with Crippen molar-refractivity contribution < 1.29 is 4.79 Å². The minimum absolute atomic E-state index is 0.444. The number of ketones is 1. The maximum Gasteiger partial charge on any atom is 0.132 e. The molecular weight excluding hydrogens is 240 g/mol. The Bertz CT molecular complexity index is 134. The van der Waals surface area contributed by atoms with Gasteiger partial charge in [-0.3, -0.25) is 4.79 Å². The van der Waals surface area contributed by atoms with Crippen LogP contribution in [0.5, 0.6) is 0 Å². The van der Waals surface area contributed by atoms with Crippen molar-refractivity contribution in [3.05, 3.63) is 0 Å². The predicted octanol–water partition coefficient (Wildman–Crippen LogP) is 4.48. The molecule has 0 saturated carbocycles. The molecule has 0 N–H and O–H groups in total. The first-order valence-corrected chi connectivity index (χ1v) is 7.01. The number of carbonyl (C=O) groups excluding carboxylic acids is 1. The zero-order chi connectivity index (χ0) is 10.6. The van der Waals surface area contributed by atoms with Gasteiger partial charge in [-0.05, 0) is 12.8 Å². The molecule has 2 heteroatoms. The molecule has 0 atom stereocenters. The van der Waals surface area contributed by atoms with E-state index in [4.69, 9.17) is 0 Å². The molecule has 14 heavy (non-hydrogen) atoms. The maximum atomic E-state index is 11.3. The van der Waals surface area contributed by atoms with Crippen molar-refractivity contribution in [1.29, 1.82) is 0 Å². The van der Waals surface area contributed by atoms with E-state index in [1.54, 1.807) is 0 Å². The molecule has 0 radical (unpaired) electrons. The van der Waals surface area contributed by atoms with Gasteiger partial charge in [0.1, 0.15) is 5.78 Å². The Balaban J connectivity index is 3.07. The standard InChI is InChI=1S/C12H23BrO/c1-2-3-4-5-6-7-9-12(14)10-8-11-13/h2-11H2,1H3. The van der Waals surface area contributed by atoms with Crippen LogP contribution in [-0.4, -0.2) is 11.1 Å². The average Bonchev–Trinajstić information content (AvgIpc) is 2.20. The highest BCUT2D eigenvalue weighted by molar-refractivity contribution is 9.09. The maximum absolute atomic E-state index is 11.3. The third-order valence-electron chi connectivity index (χ3n) is 2.40. The average molecular weight is 263 g/mol. The van der Waals surface area contributed by atoms with E-state index in [1.165, 1.54) is 32.1 Å². The second-order valence-electron chi connectivity index (χ2n) is 3.85. The topological polar surface area (TPSA) is 17.1 Å². The van der Waals surface area contributed by atoms with E-state index >= 15 is 0 Å². The molecule has 84 valence electrons. The van der Waals surface area contributed by atoms with Crippen LogP contribution in [0.2, 0.25) is 0 Å². The Morgan fingerprint density at radius 1 is 0.929 bits per heavy atom. The van der Waals surface area contributed by atoms with Crippen LogP contribution in [0.3, 0.4) is 0 Å². The molecule has 0 aliphatic rings. The van der Waals surface area contributed by atoms with Crippen molar-refractivity contribution in [2.75, 3.05) is 5.33 Å². The number of alkyl halides is 1. The Labute approximate surface area is 96.8 Å². The van der Waals surface area contributed by atoms with Crippen LogP contribution in [0.25, 0.3) is 0 Å². The van der Waals surface area contributed by atoms with E-state index in [0.29, 0.717) is 5.78 Å². The first kappa shape index (κ1) is 14.2. The minimum atomic E-state index is 0.444. The molecule has 0 aliphatic heterocycles. The summed E-state index contributed by atoms with van der Waals surface area (Å²) >= 11 is 3.34. The third kappa shape index (κ3) is 10.2. The van der Waals surface area contributed by atoms with Crippen molar-refractivity contribution >= 4 is 21.7 Å². The van der Waals surface area contributed by atoms with Crippen molar-refractivity contribution in [3.8, 4) is 0 Å². The van der Waals surface area contributed by atoms with Gasteiger partial charge in [0, 0.05) is 18.2 Å². The number of rotatable bonds is 10. The van der Waals surface area contributed by atoms with E-state index in [-0.39, 0.29) is 0 Å². The summed E-state index contributed by atoms with van der Waals surface area (Å²) in [5.74, 6) is 0.444. The molecule has 0 rings (SSSR count). The molecule has 0 unspecified atom stereocenters. The van der Waals surface area contributed by atoms with Gasteiger partial charge in [0.05, 0.1) is 0 Å². The Kier molecular flexibility index (Phi) is 11.3. The monoisotopic (exact) mass is 262 g/mol. The Hall–Kier alpha value is 0.150. The van der Waals surface area contributed by atoms with Crippen LogP contribution in [-0.2, 0) is 4.79 Å². The molecule has 0 heterocycles. The molecule has 0 aromatic rings. The first-order valence-electron chi connectivity index (χ1n) is 5.89. The van der Waals surface area contributed by atoms with Crippen LogP contribution >= 0.6 is 15.9 Å². The summed E-state index contributed by atoms with van der Waals surface area (Å²) in [5.41, 5.74) is 0. The molecule has 1 nitrogen and oxygen atoms in total. The summed E-state index contributed by atoms with van der Waals surface area (Å²) in [4.78, 5) is 11.3. The van der Waals surface area contributed by atoms with E-state index < -0.39 is 0 Å². The Morgan fingerprint density at radius 2 is 1.50 bits per heavy atom. The molecule has 0 amide bonds. The highest BCUT2D eigenvalue weighted by Gasteiger charge is 2.00. The minimum Gasteiger partial charge on any atom is -0.300 e. The fourth-order valence-corrected chi connectivity index (χ4v) is 1.77. The number of Topliss-reactive ketones (excluding diaryl/α,β-unsaturated/α-hetero) is 1. The van der Waals surface area contributed by atoms with Crippen LogP contribution in [0.4, 0.5) is 0 Å². The lowest BCUT2D eigenvalue weighted by molar-refractivity contribution is -0.119. The molecule has 0 spiro atoms. The van der Waals surface area contributed by atoms with Gasteiger partial charge >= 0.3 is 0 Å². The fourth-order valence-electron chi connectivity index (χ4n) is 1.49. The predicted molar refractivity (Wildman–Crippen MR) is 66.0 cm³/mol. The number of unbranched alkanes of at least 4 members (excludes halogenated alkanes) is 5. The molecule has 0 aromatic heterocycles. The fraction of sp³-hybridized carbons (Fsp3) is 0.917. The second kappa shape index (κ2) is 11.2. The summed E-state index contributed by atoms with van der Waals surface area (Å²) in [7, 11) is 0. The van der Waals surface area contributed by atoms with Gasteiger partial charge in [0.2, 0.25) is 0 Å². The lowest BCUT2D eigenvalue weighted by Crippen LogP contribution is -1.97. The molecule has 0 bridgehead atoms. The zero-order valence-electron chi connectivity index (χ0n) is 9.36. The van der Waals surface area contributed by atoms with E-state index in [1.807, 2.05) is 0 Å². The van der Waals surface area contributed by atoms with Crippen LogP contribution in [0, 0.1) is 0 Å². The van der Waals surface area contributed by atoms with Crippen molar-refractivity contribution in [2.45, 2.75) is 64.7 Å². The van der Waals surface area contributed by atoms with E-state index in [9.17, 15) is 4.79 Å². The number of hydrogen-bond acceptors (Lipinski definition) is 1.